The predicted octanol–water partition coefficient (Wildman–Crippen LogP) is 7.65. The van der Waals surface area contributed by atoms with Crippen molar-refractivity contribution in [2.75, 3.05) is 18.3 Å². The molecule has 16 heteroatoms. The predicted molar refractivity (Wildman–Crippen MR) is 162 cm³/mol. The number of phosphoric acid groups is 1. The molecule has 1 aromatic carbocycles. The number of aliphatic hydroxyl groups is 1. The fraction of sp³-hybridized carbons (Fsp3) is 0.774. The molecule has 3 aliphatic rings. The minimum atomic E-state index is -5.63. The van der Waals surface area contributed by atoms with E-state index in [0.717, 1.165) is 30.4 Å². The first-order valence-corrected chi connectivity index (χ1v) is 18.9. The standard InChI is InChI=1S/C31H44F5O9PS/c1-19(2)44-28(38)42-18-43-46(39,40)45-22-7-8-23-21(17-22)16-20(27-24(23)11-13-29(3)25(27)9-10-26(29)37)6-4-14-47(41)15-5-12-30(32,33)31(34,35)36/h7-8,17,19-20,24-27,37H,4-6,9-16,18H2,1-3H3,(H,39,40)/t20-,24-,25+,26+,27-,29+,47?/m1/s1. The molecular weight excluding hydrogens is 674 g/mol. The Morgan fingerprint density at radius 1 is 1.13 bits per heavy atom. The molecule has 3 aliphatic carbocycles. The summed E-state index contributed by atoms with van der Waals surface area (Å²) in [6, 6.07) is 5.13. The number of rotatable bonds is 14. The van der Waals surface area contributed by atoms with Crippen molar-refractivity contribution in [1.29, 1.82) is 0 Å². The molecule has 4 rings (SSSR count). The summed E-state index contributed by atoms with van der Waals surface area (Å²) in [5, 5.41) is 10.9. The quantitative estimate of drug-likeness (QED) is 0.0863. The van der Waals surface area contributed by atoms with E-state index in [-0.39, 0.29) is 46.3 Å². The number of halogens is 5. The molecular formula is C31H44F5O9PS. The zero-order valence-electron chi connectivity index (χ0n) is 26.7. The van der Waals surface area contributed by atoms with Crippen LogP contribution in [0.15, 0.2) is 18.2 Å². The van der Waals surface area contributed by atoms with Crippen LogP contribution >= 0.6 is 7.82 Å². The molecule has 9 nitrogen and oxygen atoms in total. The Kier molecular flexibility index (Phi) is 12.1. The lowest BCUT2D eigenvalue weighted by Gasteiger charge is -2.53. The third kappa shape index (κ3) is 9.26. The smallest absolute Gasteiger partial charge is 0.432 e. The SMILES string of the molecule is CC(C)OC(=O)OCOP(=O)(O)Oc1ccc2c(c1)C[C@@H](CCCS(=O)CCCC(F)(F)C(F)(F)F)[C@@H]1[C@@H]2CC[C@]2(C)[C@@H](O)CC[C@@H]12. The second-order valence-corrected chi connectivity index (χ2v) is 16.5. The minimum absolute atomic E-state index is 0.0743. The molecule has 0 amide bonds. The van der Waals surface area contributed by atoms with Crippen molar-refractivity contribution in [3.63, 3.8) is 0 Å². The van der Waals surface area contributed by atoms with Crippen molar-refractivity contribution in [3.05, 3.63) is 29.3 Å². The van der Waals surface area contributed by atoms with Gasteiger partial charge in [-0.2, -0.15) is 22.0 Å². The summed E-state index contributed by atoms with van der Waals surface area (Å²) in [6.07, 6.45) is -4.58. The lowest BCUT2D eigenvalue weighted by Crippen LogP contribution is -2.47. The molecule has 0 aromatic heterocycles. The van der Waals surface area contributed by atoms with Gasteiger partial charge in [0.05, 0.1) is 12.2 Å². The first-order valence-electron chi connectivity index (χ1n) is 15.9. The van der Waals surface area contributed by atoms with Crippen LogP contribution in [0.4, 0.5) is 26.7 Å². The molecule has 2 fully saturated rings. The summed E-state index contributed by atoms with van der Waals surface area (Å²) >= 11 is 0. The van der Waals surface area contributed by atoms with Crippen LogP contribution in [-0.2, 0) is 35.8 Å². The second-order valence-electron chi connectivity index (χ2n) is 13.4. The minimum Gasteiger partial charge on any atom is -0.432 e. The van der Waals surface area contributed by atoms with Crippen molar-refractivity contribution >= 4 is 24.8 Å². The molecule has 0 heterocycles. The van der Waals surface area contributed by atoms with E-state index in [9.17, 15) is 45.5 Å². The van der Waals surface area contributed by atoms with Crippen molar-refractivity contribution in [3.8, 4) is 5.75 Å². The normalized spacial score (nSPS) is 29.3. The molecule has 268 valence electrons. The van der Waals surface area contributed by atoms with E-state index >= 15 is 0 Å². The lowest BCUT2D eigenvalue weighted by atomic mass is 9.52. The van der Waals surface area contributed by atoms with Gasteiger partial charge >= 0.3 is 26.1 Å². The van der Waals surface area contributed by atoms with E-state index in [1.54, 1.807) is 26.0 Å². The maximum absolute atomic E-state index is 13.3. The van der Waals surface area contributed by atoms with E-state index < -0.39 is 68.7 Å². The first kappa shape index (κ1) is 38.0. The number of alkyl halides is 5. The number of phosphoric ester groups is 1. The van der Waals surface area contributed by atoms with Crippen LogP contribution in [0.1, 0.15) is 89.2 Å². The summed E-state index contributed by atoms with van der Waals surface area (Å²) < 4.78 is 108. The van der Waals surface area contributed by atoms with Crippen LogP contribution in [0.25, 0.3) is 0 Å². The van der Waals surface area contributed by atoms with Gasteiger partial charge in [0.2, 0.25) is 6.79 Å². The molecule has 0 aliphatic heterocycles. The lowest BCUT2D eigenvalue weighted by molar-refractivity contribution is -0.284. The highest BCUT2D eigenvalue weighted by atomic mass is 32.2. The zero-order valence-corrected chi connectivity index (χ0v) is 28.4. The second kappa shape index (κ2) is 15.0. The van der Waals surface area contributed by atoms with Crippen LogP contribution in [0.3, 0.4) is 0 Å². The molecule has 0 bridgehead atoms. The number of ether oxygens (including phenoxy) is 2. The van der Waals surface area contributed by atoms with Gasteiger partial charge in [0.15, 0.2) is 0 Å². The molecule has 0 saturated heterocycles. The number of carbonyl (C=O) groups excluding carboxylic acids is 1. The summed E-state index contributed by atoms with van der Waals surface area (Å²) in [5.74, 6) is -4.13. The average molecular weight is 719 g/mol. The highest BCUT2D eigenvalue weighted by molar-refractivity contribution is 7.84. The first-order chi connectivity index (χ1) is 21.8. The zero-order chi connectivity index (χ0) is 34.8. The van der Waals surface area contributed by atoms with Gasteiger partial charge in [-0.15, -0.1) is 0 Å². The third-order valence-electron chi connectivity index (χ3n) is 9.99. The highest BCUT2D eigenvalue weighted by Gasteiger charge is 2.57. The number of hydrogen-bond acceptors (Lipinski definition) is 8. The van der Waals surface area contributed by atoms with Crippen LogP contribution in [0, 0.1) is 23.2 Å². The third-order valence-corrected chi connectivity index (χ3v) is 12.4. The molecule has 47 heavy (non-hydrogen) atoms. The number of carbonyl (C=O) groups is 1. The van der Waals surface area contributed by atoms with E-state index in [4.69, 9.17) is 13.8 Å². The van der Waals surface area contributed by atoms with E-state index in [1.165, 1.54) is 0 Å². The molecule has 2 N–H and O–H groups in total. The Bertz CT molecular complexity index is 1330. The van der Waals surface area contributed by atoms with E-state index in [2.05, 4.69) is 11.7 Å². The Labute approximate surface area is 273 Å². The Morgan fingerprint density at radius 3 is 2.51 bits per heavy atom. The summed E-state index contributed by atoms with van der Waals surface area (Å²) in [6.45, 7) is 4.47. The number of fused-ring (bicyclic) bond motifs is 5. The van der Waals surface area contributed by atoms with Gasteiger partial charge in [0.25, 0.3) is 0 Å². The van der Waals surface area contributed by atoms with Gasteiger partial charge < -0.3 is 19.1 Å². The fourth-order valence-corrected chi connectivity index (χ4v) is 9.59. The van der Waals surface area contributed by atoms with Crippen LogP contribution < -0.4 is 4.52 Å². The maximum atomic E-state index is 13.3. The summed E-state index contributed by atoms with van der Waals surface area (Å²) in [4.78, 5) is 21.7. The van der Waals surface area contributed by atoms with Gasteiger partial charge in [-0.1, -0.05) is 13.0 Å². The highest BCUT2D eigenvalue weighted by Crippen LogP contribution is 2.63. The Morgan fingerprint density at radius 2 is 1.83 bits per heavy atom. The molecule has 2 saturated carbocycles. The van der Waals surface area contributed by atoms with E-state index in [0.29, 0.717) is 25.7 Å². The van der Waals surface area contributed by atoms with Gasteiger partial charge in [-0.05, 0) is 118 Å². The van der Waals surface area contributed by atoms with Crippen molar-refractivity contribution in [2.45, 2.75) is 109 Å². The summed E-state index contributed by atoms with van der Waals surface area (Å²) in [7, 11) is -6.23. The Hall–Kier alpha value is -1.80. The van der Waals surface area contributed by atoms with E-state index in [1.807, 2.05) is 6.07 Å². The van der Waals surface area contributed by atoms with Crippen LogP contribution in [-0.4, -0.2) is 63.0 Å². The topological polar surface area (TPSA) is 129 Å². The molecule has 1 aromatic rings. The molecule has 0 spiro atoms. The maximum Gasteiger partial charge on any atom is 0.530 e. The van der Waals surface area contributed by atoms with Gasteiger partial charge in [-0.25, -0.2) is 13.9 Å². The number of benzene rings is 1. The average Bonchev–Trinajstić information content (AvgIpc) is 3.25. The van der Waals surface area contributed by atoms with Crippen molar-refractivity contribution < 1.29 is 64.0 Å². The monoisotopic (exact) mass is 718 g/mol. The molecule has 2 unspecified atom stereocenters. The Balaban J connectivity index is 1.43. The van der Waals surface area contributed by atoms with Crippen LogP contribution in [0.5, 0.6) is 5.75 Å². The summed E-state index contributed by atoms with van der Waals surface area (Å²) in [5.41, 5.74) is 1.75. The van der Waals surface area contributed by atoms with Crippen LogP contribution in [0.2, 0.25) is 0 Å². The fourth-order valence-electron chi connectivity index (χ4n) is 7.81. The van der Waals surface area contributed by atoms with Crippen molar-refractivity contribution in [2.24, 2.45) is 23.2 Å². The van der Waals surface area contributed by atoms with Crippen molar-refractivity contribution in [1.82, 2.24) is 0 Å². The number of hydrogen-bond donors (Lipinski definition) is 2. The molecule has 8 atom stereocenters. The molecule has 0 radical (unpaired) electrons. The van der Waals surface area contributed by atoms with Gasteiger partial charge in [0.1, 0.15) is 5.75 Å². The van der Waals surface area contributed by atoms with Gasteiger partial charge in [0, 0.05) is 28.7 Å². The largest absolute Gasteiger partial charge is 0.530 e. The van der Waals surface area contributed by atoms with Gasteiger partial charge in [-0.3, -0.25) is 9.10 Å². The number of aliphatic hydroxyl groups excluding tert-OH is 1.